The molecule has 3 rings (SSSR count). The summed E-state index contributed by atoms with van der Waals surface area (Å²) in [4.78, 5) is 2.21. The van der Waals surface area contributed by atoms with Crippen LogP contribution in [0.3, 0.4) is 0 Å². The number of hydrogen-bond acceptors (Lipinski definition) is 5. The first-order valence-electron chi connectivity index (χ1n) is 7.66. The Bertz CT molecular complexity index is 711. The highest BCUT2D eigenvalue weighted by Gasteiger charge is 2.29. The van der Waals surface area contributed by atoms with Crippen molar-refractivity contribution in [2.24, 2.45) is 7.05 Å². The lowest BCUT2D eigenvalue weighted by Crippen LogP contribution is -2.33. The quantitative estimate of drug-likeness (QED) is 0.932. The van der Waals surface area contributed by atoms with Crippen molar-refractivity contribution in [1.29, 1.82) is 0 Å². The van der Waals surface area contributed by atoms with E-state index in [-0.39, 0.29) is 0 Å². The first kappa shape index (κ1) is 15.8. The maximum Gasteiger partial charge on any atom is 0.125 e. The van der Waals surface area contributed by atoms with Gasteiger partial charge in [-0.25, -0.2) is 0 Å². The van der Waals surface area contributed by atoms with Crippen molar-refractivity contribution >= 4 is 0 Å². The Morgan fingerprint density at radius 2 is 1.96 bits per heavy atom. The molecule has 0 amide bonds. The molecule has 1 aliphatic heterocycles. The van der Waals surface area contributed by atoms with Crippen molar-refractivity contribution in [2.75, 3.05) is 20.8 Å². The van der Waals surface area contributed by atoms with Gasteiger partial charge in [0.1, 0.15) is 11.5 Å². The molecule has 1 N–H and O–H groups in total. The van der Waals surface area contributed by atoms with Crippen molar-refractivity contribution in [3.63, 3.8) is 0 Å². The molecule has 6 nitrogen and oxygen atoms in total. The molecule has 2 heterocycles. The Labute approximate surface area is 136 Å². The lowest BCUT2D eigenvalue weighted by Gasteiger charge is -2.33. The van der Waals surface area contributed by atoms with E-state index in [2.05, 4.69) is 10.00 Å². The fraction of sp³-hybridized carbons (Fsp3) is 0.471. The van der Waals surface area contributed by atoms with Crippen LogP contribution in [-0.2, 0) is 20.1 Å². The Morgan fingerprint density at radius 3 is 2.57 bits per heavy atom. The third kappa shape index (κ3) is 2.92. The van der Waals surface area contributed by atoms with Crippen LogP contribution in [0.25, 0.3) is 0 Å². The zero-order chi connectivity index (χ0) is 16.6. The number of aliphatic hydroxyl groups is 1. The van der Waals surface area contributed by atoms with Crippen molar-refractivity contribution in [3.05, 3.63) is 40.7 Å². The number of fused-ring (bicyclic) bond motifs is 1. The molecule has 1 aliphatic rings. The van der Waals surface area contributed by atoms with Crippen molar-refractivity contribution in [2.45, 2.75) is 26.1 Å². The van der Waals surface area contributed by atoms with E-state index in [1.54, 1.807) is 14.2 Å². The van der Waals surface area contributed by atoms with Gasteiger partial charge in [0.15, 0.2) is 0 Å². The first-order chi connectivity index (χ1) is 11.0. The number of aliphatic hydroxyl groups excluding tert-OH is 1. The molecule has 0 aliphatic carbocycles. The van der Waals surface area contributed by atoms with E-state index >= 15 is 0 Å². The van der Waals surface area contributed by atoms with Gasteiger partial charge in [0.25, 0.3) is 0 Å². The molecule has 23 heavy (non-hydrogen) atoms. The average Bonchev–Trinajstić information content (AvgIpc) is 2.83. The highest BCUT2D eigenvalue weighted by Crippen LogP contribution is 2.39. The molecule has 0 fully saturated rings. The van der Waals surface area contributed by atoms with Crippen LogP contribution in [-0.4, -0.2) is 40.6 Å². The van der Waals surface area contributed by atoms with Crippen LogP contribution in [0.2, 0.25) is 0 Å². The van der Waals surface area contributed by atoms with Gasteiger partial charge >= 0.3 is 0 Å². The summed E-state index contributed by atoms with van der Waals surface area (Å²) in [6, 6.07) is 3.74. The van der Waals surface area contributed by atoms with E-state index in [1.165, 1.54) is 5.56 Å². The highest BCUT2D eigenvalue weighted by molar-refractivity contribution is 5.51. The van der Waals surface area contributed by atoms with E-state index in [1.807, 2.05) is 37.0 Å². The second-order valence-electron chi connectivity index (χ2n) is 5.96. The van der Waals surface area contributed by atoms with Crippen LogP contribution in [0.5, 0.6) is 11.5 Å². The number of β-amino-alcohol motifs (C(OH)–C–C–N with tert-alkyl or cyclic N) is 1. The van der Waals surface area contributed by atoms with Crippen molar-refractivity contribution in [1.82, 2.24) is 14.7 Å². The molecular formula is C17H23N3O3. The summed E-state index contributed by atoms with van der Waals surface area (Å²) in [5.74, 6) is 1.50. The number of aryl methyl sites for hydroxylation is 2. The zero-order valence-corrected chi connectivity index (χ0v) is 14.0. The van der Waals surface area contributed by atoms with Gasteiger partial charge in [0.05, 0.1) is 26.0 Å². The predicted molar refractivity (Wildman–Crippen MR) is 86.6 cm³/mol. The molecule has 1 aromatic heterocycles. The number of nitrogens with zero attached hydrogens (tertiary/aromatic N) is 3. The molecule has 0 saturated heterocycles. The van der Waals surface area contributed by atoms with Crippen LogP contribution in [0.15, 0.2) is 18.3 Å². The van der Waals surface area contributed by atoms with E-state index in [9.17, 15) is 5.11 Å². The molecule has 1 unspecified atom stereocenters. The SMILES string of the molecule is COc1ccc(OC)c2c1CN(Cc1cn(C)nc1C)CC2O. The second kappa shape index (κ2) is 6.22. The predicted octanol–water partition coefficient (Wildman–Crippen LogP) is 1.79. The third-order valence-corrected chi connectivity index (χ3v) is 4.37. The number of methoxy groups -OCH3 is 2. The lowest BCUT2D eigenvalue weighted by atomic mass is 9.95. The molecule has 1 aromatic carbocycles. The summed E-state index contributed by atoms with van der Waals surface area (Å²) >= 11 is 0. The van der Waals surface area contributed by atoms with E-state index < -0.39 is 6.10 Å². The van der Waals surface area contributed by atoms with E-state index in [0.717, 1.165) is 29.1 Å². The smallest absolute Gasteiger partial charge is 0.125 e. The van der Waals surface area contributed by atoms with Gasteiger partial charge in [-0.3, -0.25) is 9.58 Å². The molecule has 0 radical (unpaired) electrons. The molecular weight excluding hydrogens is 294 g/mol. The largest absolute Gasteiger partial charge is 0.496 e. The third-order valence-electron chi connectivity index (χ3n) is 4.37. The first-order valence-corrected chi connectivity index (χ1v) is 7.66. The summed E-state index contributed by atoms with van der Waals surface area (Å²) in [7, 11) is 5.20. The molecule has 6 heteroatoms. The van der Waals surface area contributed by atoms with Crippen LogP contribution >= 0.6 is 0 Å². The van der Waals surface area contributed by atoms with Gasteiger partial charge < -0.3 is 14.6 Å². The number of hydrogen-bond donors (Lipinski definition) is 1. The minimum Gasteiger partial charge on any atom is -0.496 e. The number of aromatic nitrogens is 2. The minimum absolute atomic E-state index is 0.560. The van der Waals surface area contributed by atoms with Crippen LogP contribution < -0.4 is 9.47 Å². The molecule has 2 aromatic rings. The normalized spacial score (nSPS) is 17.9. The van der Waals surface area contributed by atoms with Gasteiger partial charge in [0.2, 0.25) is 0 Å². The zero-order valence-electron chi connectivity index (χ0n) is 14.0. The van der Waals surface area contributed by atoms with Gasteiger partial charge in [-0.05, 0) is 19.1 Å². The second-order valence-corrected chi connectivity index (χ2v) is 5.96. The summed E-state index contributed by atoms with van der Waals surface area (Å²) in [6.45, 7) is 4.02. The Morgan fingerprint density at radius 1 is 1.26 bits per heavy atom. The molecule has 0 spiro atoms. The fourth-order valence-corrected chi connectivity index (χ4v) is 3.31. The van der Waals surface area contributed by atoms with Gasteiger partial charge in [-0.2, -0.15) is 5.10 Å². The number of rotatable bonds is 4. The molecule has 0 saturated carbocycles. The van der Waals surface area contributed by atoms with Crippen molar-refractivity contribution in [3.8, 4) is 11.5 Å². The van der Waals surface area contributed by atoms with Crippen LogP contribution in [0, 0.1) is 6.92 Å². The topological polar surface area (TPSA) is 59.8 Å². The van der Waals surface area contributed by atoms with Crippen molar-refractivity contribution < 1.29 is 14.6 Å². The van der Waals surface area contributed by atoms with Gasteiger partial charge in [0, 0.05) is 49.6 Å². The lowest BCUT2D eigenvalue weighted by molar-refractivity contribution is 0.0842. The summed E-state index contributed by atoms with van der Waals surface area (Å²) in [5.41, 5.74) is 4.02. The van der Waals surface area contributed by atoms with Crippen LogP contribution in [0.1, 0.15) is 28.5 Å². The molecule has 0 bridgehead atoms. The monoisotopic (exact) mass is 317 g/mol. The Balaban J connectivity index is 1.92. The Hall–Kier alpha value is -2.05. The summed E-state index contributed by atoms with van der Waals surface area (Å²) in [5, 5.41) is 15.0. The van der Waals surface area contributed by atoms with Gasteiger partial charge in [-0.15, -0.1) is 0 Å². The standard InChI is InChI=1S/C17H23N3O3/c1-11-12(7-19(2)18-11)8-20-9-13-15(22-3)5-6-16(23-4)17(13)14(21)10-20/h5-7,14,21H,8-10H2,1-4H3. The number of ether oxygens (including phenoxy) is 2. The van der Waals surface area contributed by atoms with Crippen LogP contribution in [0.4, 0.5) is 0 Å². The average molecular weight is 317 g/mol. The summed E-state index contributed by atoms with van der Waals surface area (Å²) < 4.78 is 12.7. The van der Waals surface area contributed by atoms with Gasteiger partial charge in [-0.1, -0.05) is 0 Å². The summed E-state index contributed by atoms with van der Waals surface area (Å²) in [6.07, 6.45) is 1.43. The minimum atomic E-state index is -0.597. The fourth-order valence-electron chi connectivity index (χ4n) is 3.31. The maximum atomic E-state index is 10.6. The highest BCUT2D eigenvalue weighted by atomic mass is 16.5. The maximum absolute atomic E-state index is 10.6. The molecule has 124 valence electrons. The van der Waals surface area contributed by atoms with E-state index in [4.69, 9.17) is 9.47 Å². The van der Waals surface area contributed by atoms with E-state index in [0.29, 0.717) is 18.8 Å². The molecule has 1 atom stereocenters. The number of benzene rings is 1. The Kier molecular flexibility index (Phi) is 4.28.